The second kappa shape index (κ2) is 14.2. The molecular weight excluding hydrogens is 572 g/mol. The molecule has 1 atom stereocenters. The lowest BCUT2D eigenvalue weighted by Crippen LogP contribution is -2.29. The van der Waals surface area contributed by atoms with E-state index in [4.69, 9.17) is 18.9 Å². The van der Waals surface area contributed by atoms with E-state index in [-0.39, 0.29) is 21.3 Å². The molecule has 1 unspecified atom stereocenters. The third-order valence-electron chi connectivity index (χ3n) is 6.75. The topological polar surface area (TPSA) is 124 Å². The van der Waals surface area contributed by atoms with E-state index >= 15 is 0 Å². The number of esters is 1. The maximum absolute atomic E-state index is 13.6. The maximum atomic E-state index is 13.6. The average Bonchev–Trinajstić information content (AvgIpc) is 3.52. The Labute approximate surface area is 254 Å². The SMILES string of the molecule is CCCCOc1ccc(/C(O)=C2/C(=O)C(=O)N(c3nc(C)c(C(=O)OC)s3)C2c2ccc(OCCC)c(OCC)c2)cc1. The van der Waals surface area contributed by atoms with Crippen LogP contribution in [-0.2, 0) is 14.3 Å². The second-order valence-corrected chi connectivity index (χ2v) is 10.8. The first kappa shape index (κ1) is 31.6. The molecule has 0 spiro atoms. The number of ether oxygens (including phenoxy) is 4. The van der Waals surface area contributed by atoms with E-state index in [9.17, 15) is 19.5 Å². The minimum atomic E-state index is -1.07. The number of thiazole rings is 1. The molecule has 43 heavy (non-hydrogen) atoms. The summed E-state index contributed by atoms with van der Waals surface area (Å²) in [7, 11) is 1.25. The molecule has 3 aromatic rings. The Balaban J connectivity index is 1.87. The summed E-state index contributed by atoms with van der Waals surface area (Å²) in [5, 5.41) is 11.6. The second-order valence-electron chi connectivity index (χ2n) is 9.79. The van der Waals surface area contributed by atoms with E-state index < -0.39 is 23.7 Å². The van der Waals surface area contributed by atoms with Gasteiger partial charge in [0.1, 0.15) is 16.4 Å². The highest BCUT2D eigenvalue weighted by molar-refractivity contribution is 7.17. The number of amides is 1. The number of Topliss-reactive ketones (excluding diaryl/α,β-unsaturated/α-hetero) is 1. The number of aliphatic hydroxyl groups excluding tert-OH is 1. The quantitative estimate of drug-likeness (QED) is 0.0790. The first-order valence-corrected chi connectivity index (χ1v) is 15.1. The average molecular weight is 609 g/mol. The third-order valence-corrected chi connectivity index (χ3v) is 7.88. The van der Waals surface area contributed by atoms with Crippen molar-refractivity contribution in [1.29, 1.82) is 0 Å². The minimum Gasteiger partial charge on any atom is -0.507 e. The van der Waals surface area contributed by atoms with Gasteiger partial charge in [0.25, 0.3) is 5.78 Å². The number of ketones is 1. The first-order valence-electron chi connectivity index (χ1n) is 14.2. The van der Waals surface area contributed by atoms with Gasteiger partial charge in [-0.2, -0.15) is 0 Å². The van der Waals surface area contributed by atoms with Crippen LogP contribution in [-0.4, -0.2) is 54.7 Å². The molecule has 0 radical (unpaired) electrons. The normalized spacial score (nSPS) is 15.9. The van der Waals surface area contributed by atoms with Crippen LogP contribution in [0.4, 0.5) is 5.13 Å². The van der Waals surface area contributed by atoms with Crippen molar-refractivity contribution in [2.75, 3.05) is 31.8 Å². The Morgan fingerprint density at radius 2 is 1.72 bits per heavy atom. The fraction of sp³-hybridized carbons (Fsp3) is 0.375. The third kappa shape index (κ3) is 6.67. The highest BCUT2D eigenvalue weighted by Crippen LogP contribution is 2.45. The van der Waals surface area contributed by atoms with Gasteiger partial charge >= 0.3 is 11.9 Å². The predicted molar refractivity (Wildman–Crippen MR) is 163 cm³/mol. The largest absolute Gasteiger partial charge is 0.507 e. The number of carbonyl (C=O) groups is 3. The number of benzene rings is 2. The van der Waals surface area contributed by atoms with E-state index in [1.54, 1.807) is 49.4 Å². The van der Waals surface area contributed by atoms with Gasteiger partial charge in [-0.05, 0) is 68.7 Å². The van der Waals surface area contributed by atoms with Crippen LogP contribution in [0.2, 0.25) is 0 Å². The van der Waals surface area contributed by atoms with Gasteiger partial charge < -0.3 is 24.1 Å². The van der Waals surface area contributed by atoms with E-state index in [1.165, 1.54) is 12.0 Å². The molecule has 1 aliphatic heterocycles. The molecule has 1 aliphatic rings. The van der Waals surface area contributed by atoms with Gasteiger partial charge in [-0.25, -0.2) is 9.78 Å². The number of aryl methyl sites for hydroxylation is 1. The van der Waals surface area contributed by atoms with Crippen molar-refractivity contribution in [2.45, 2.75) is 53.0 Å². The number of methoxy groups -OCH3 is 1. The van der Waals surface area contributed by atoms with Gasteiger partial charge in [-0.1, -0.05) is 37.7 Å². The number of aliphatic hydroxyl groups is 1. The molecule has 2 heterocycles. The Bertz CT molecular complexity index is 1510. The molecule has 1 saturated heterocycles. The van der Waals surface area contributed by atoms with Crippen molar-refractivity contribution >= 4 is 39.9 Å². The maximum Gasteiger partial charge on any atom is 0.350 e. The lowest BCUT2D eigenvalue weighted by molar-refractivity contribution is -0.132. The Morgan fingerprint density at radius 3 is 2.37 bits per heavy atom. The number of hydrogen-bond acceptors (Lipinski definition) is 10. The van der Waals surface area contributed by atoms with E-state index in [0.29, 0.717) is 53.9 Å². The molecular formula is C32H36N2O8S. The summed E-state index contributed by atoms with van der Waals surface area (Å²) in [5.74, 6) is -1.16. The molecule has 11 heteroatoms. The van der Waals surface area contributed by atoms with Gasteiger partial charge in [-0.3, -0.25) is 14.5 Å². The summed E-state index contributed by atoms with van der Waals surface area (Å²) < 4.78 is 22.3. The highest BCUT2D eigenvalue weighted by Gasteiger charge is 2.48. The first-order chi connectivity index (χ1) is 20.7. The molecule has 0 aliphatic carbocycles. The number of carbonyl (C=O) groups excluding carboxylic acids is 3. The Morgan fingerprint density at radius 1 is 0.977 bits per heavy atom. The number of hydrogen-bond donors (Lipinski definition) is 1. The standard InChI is InChI=1S/C32H36N2O8S/c1-6-9-17-41-22-13-10-20(11-14-22)27(35)25-26(21-12-15-23(42-16-7-2)24(18-21)40-8-3)34(30(37)28(25)36)32-33-19(4)29(43-32)31(38)39-5/h10-15,18,26,35H,6-9,16-17H2,1-5H3/b27-25-. The van der Waals surface area contributed by atoms with Crippen LogP contribution in [0.3, 0.4) is 0 Å². The molecule has 0 bridgehead atoms. The zero-order valence-corrected chi connectivity index (χ0v) is 25.8. The lowest BCUT2D eigenvalue weighted by atomic mass is 9.95. The lowest BCUT2D eigenvalue weighted by Gasteiger charge is -2.24. The molecule has 1 fully saturated rings. The monoisotopic (exact) mass is 608 g/mol. The summed E-state index contributed by atoms with van der Waals surface area (Å²) >= 11 is 0.934. The van der Waals surface area contributed by atoms with E-state index in [2.05, 4.69) is 11.9 Å². The summed E-state index contributed by atoms with van der Waals surface area (Å²) in [6.45, 7) is 8.92. The fourth-order valence-electron chi connectivity index (χ4n) is 4.61. The van der Waals surface area contributed by atoms with Crippen molar-refractivity contribution in [3.8, 4) is 17.2 Å². The van der Waals surface area contributed by atoms with Crippen LogP contribution in [0.15, 0.2) is 48.0 Å². The van der Waals surface area contributed by atoms with Gasteiger partial charge in [0, 0.05) is 5.56 Å². The fourth-order valence-corrected chi connectivity index (χ4v) is 5.62. The van der Waals surface area contributed by atoms with Crippen LogP contribution >= 0.6 is 11.3 Å². The van der Waals surface area contributed by atoms with Crippen molar-refractivity contribution in [1.82, 2.24) is 4.98 Å². The number of aromatic nitrogens is 1. The van der Waals surface area contributed by atoms with Crippen molar-refractivity contribution < 1.29 is 38.4 Å². The summed E-state index contributed by atoms with van der Waals surface area (Å²) in [6.07, 6.45) is 2.70. The van der Waals surface area contributed by atoms with Gasteiger partial charge in [0.2, 0.25) is 0 Å². The van der Waals surface area contributed by atoms with Crippen molar-refractivity contribution in [3.05, 3.63) is 69.7 Å². The van der Waals surface area contributed by atoms with Crippen LogP contribution in [0.5, 0.6) is 17.2 Å². The minimum absolute atomic E-state index is 0.119. The number of unbranched alkanes of at least 4 members (excludes halogenated alkanes) is 1. The zero-order chi connectivity index (χ0) is 31.1. The summed E-state index contributed by atoms with van der Waals surface area (Å²) in [5.41, 5.74) is 1.05. The predicted octanol–water partition coefficient (Wildman–Crippen LogP) is 6.23. The molecule has 10 nitrogen and oxygen atoms in total. The Kier molecular flexibility index (Phi) is 10.4. The van der Waals surface area contributed by atoms with Gasteiger partial charge in [0.15, 0.2) is 16.6 Å². The number of anilines is 1. The Hall–Kier alpha value is -4.38. The molecule has 1 aromatic heterocycles. The summed E-state index contributed by atoms with van der Waals surface area (Å²) in [6, 6.07) is 10.7. The van der Waals surface area contributed by atoms with Crippen LogP contribution in [0.1, 0.15) is 72.6 Å². The van der Waals surface area contributed by atoms with E-state index in [1.807, 2.05) is 13.8 Å². The molecule has 0 saturated carbocycles. The van der Waals surface area contributed by atoms with Gasteiger partial charge in [0.05, 0.1) is 44.2 Å². The molecule has 2 aromatic carbocycles. The number of rotatable bonds is 13. The van der Waals surface area contributed by atoms with Crippen molar-refractivity contribution in [2.24, 2.45) is 0 Å². The zero-order valence-electron chi connectivity index (χ0n) is 25.0. The smallest absolute Gasteiger partial charge is 0.350 e. The van der Waals surface area contributed by atoms with Crippen molar-refractivity contribution in [3.63, 3.8) is 0 Å². The van der Waals surface area contributed by atoms with Crippen LogP contribution in [0.25, 0.3) is 5.76 Å². The molecule has 228 valence electrons. The van der Waals surface area contributed by atoms with Gasteiger partial charge in [-0.15, -0.1) is 0 Å². The highest BCUT2D eigenvalue weighted by atomic mass is 32.1. The molecule has 4 rings (SSSR count). The molecule has 1 amide bonds. The van der Waals surface area contributed by atoms with Crippen LogP contribution in [0, 0.1) is 6.92 Å². The number of nitrogens with zero attached hydrogens (tertiary/aromatic N) is 2. The summed E-state index contributed by atoms with van der Waals surface area (Å²) in [4.78, 5) is 45.5. The van der Waals surface area contributed by atoms with E-state index in [0.717, 1.165) is 30.6 Å². The molecule has 1 N–H and O–H groups in total. The van der Waals surface area contributed by atoms with Crippen LogP contribution < -0.4 is 19.1 Å².